The van der Waals surface area contributed by atoms with E-state index >= 15 is 0 Å². The first kappa shape index (κ1) is 17.8. The quantitative estimate of drug-likeness (QED) is 0.563. The number of rotatable bonds is 7. The summed E-state index contributed by atoms with van der Waals surface area (Å²) in [7, 11) is -2.80. The third-order valence-corrected chi connectivity index (χ3v) is 6.49. The molecule has 1 N–H and O–H groups in total. The van der Waals surface area contributed by atoms with E-state index in [0.29, 0.717) is 30.5 Å². The van der Waals surface area contributed by atoms with Crippen LogP contribution in [0.1, 0.15) is 53.4 Å². The smallest absolute Gasteiger partial charge is 0.270 e. The molecular formula is C16H30NO2P. The fourth-order valence-electron chi connectivity index (χ4n) is 3.08. The predicted octanol–water partition coefficient (Wildman–Crippen LogP) is 4.29. The van der Waals surface area contributed by atoms with Gasteiger partial charge < -0.3 is 4.52 Å². The fraction of sp³-hybridized carbons (Fsp3) is 0.875. The molecule has 1 saturated carbocycles. The molecule has 0 aromatic carbocycles. The zero-order chi connectivity index (χ0) is 15.2. The molecule has 0 spiro atoms. The molecule has 1 rings (SSSR count). The van der Waals surface area contributed by atoms with Crippen LogP contribution < -0.4 is 5.09 Å². The summed E-state index contributed by atoms with van der Waals surface area (Å²) in [5.74, 6) is 4.22. The number of terminal acetylenes is 1. The summed E-state index contributed by atoms with van der Waals surface area (Å²) in [4.78, 5) is 0. The van der Waals surface area contributed by atoms with Crippen LogP contribution in [-0.4, -0.2) is 18.8 Å². The lowest BCUT2D eigenvalue weighted by molar-refractivity contribution is 0.0467. The minimum atomic E-state index is -2.80. The Balaban J connectivity index is 2.77. The maximum absolute atomic E-state index is 12.9. The van der Waals surface area contributed by atoms with Crippen molar-refractivity contribution in [3.05, 3.63) is 0 Å². The van der Waals surface area contributed by atoms with Crippen LogP contribution in [-0.2, 0) is 9.09 Å². The fourth-order valence-corrected chi connectivity index (χ4v) is 5.02. The molecule has 116 valence electrons. The molecule has 1 fully saturated rings. The average Bonchev–Trinajstić information content (AvgIpc) is 2.36. The lowest BCUT2D eigenvalue weighted by Gasteiger charge is -2.38. The van der Waals surface area contributed by atoms with E-state index in [0.717, 1.165) is 12.8 Å². The minimum Gasteiger partial charge on any atom is -0.314 e. The lowest BCUT2D eigenvalue weighted by Crippen LogP contribution is -2.35. The van der Waals surface area contributed by atoms with Crippen molar-refractivity contribution in [1.29, 1.82) is 0 Å². The molecule has 1 aliphatic rings. The molecule has 0 aromatic heterocycles. The van der Waals surface area contributed by atoms with Gasteiger partial charge in [0.25, 0.3) is 7.52 Å². The largest absolute Gasteiger partial charge is 0.314 e. The molecule has 0 heterocycles. The van der Waals surface area contributed by atoms with E-state index in [1.807, 2.05) is 6.92 Å². The van der Waals surface area contributed by atoms with Crippen molar-refractivity contribution in [2.75, 3.05) is 12.7 Å². The molecule has 1 aliphatic carbocycles. The molecular weight excluding hydrogens is 269 g/mol. The molecule has 0 aromatic rings. The highest BCUT2D eigenvalue weighted by Crippen LogP contribution is 2.49. The maximum atomic E-state index is 12.9. The van der Waals surface area contributed by atoms with E-state index in [9.17, 15) is 4.57 Å². The van der Waals surface area contributed by atoms with Crippen LogP contribution in [0, 0.1) is 30.1 Å². The van der Waals surface area contributed by atoms with Crippen LogP contribution in [0.3, 0.4) is 0 Å². The van der Waals surface area contributed by atoms with Crippen LogP contribution in [0.25, 0.3) is 0 Å². The van der Waals surface area contributed by atoms with Crippen molar-refractivity contribution in [3.63, 3.8) is 0 Å². The lowest BCUT2D eigenvalue weighted by atomic mass is 9.75. The second-order valence-electron chi connectivity index (χ2n) is 6.41. The third kappa shape index (κ3) is 5.24. The van der Waals surface area contributed by atoms with Gasteiger partial charge in [0, 0.05) is 6.16 Å². The van der Waals surface area contributed by atoms with E-state index in [-0.39, 0.29) is 6.10 Å². The Bertz CT molecular complexity index is 375. The van der Waals surface area contributed by atoms with E-state index in [1.54, 1.807) is 0 Å². The number of hydrogen-bond acceptors (Lipinski definition) is 2. The van der Waals surface area contributed by atoms with Crippen molar-refractivity contribution < 1.29 is 9.09 Å². The van der Waals surface area contributed by atoms with Gasteiger partial charge in [0.1, 0.15) is 0 Å². The van der Waals surface area contributed by atoms with Crippen LogP contribution >= 0.6 is 7.52 Å². The Morgan fingerprint density at radius 2 is 2.15 bits per heavy atom. The van der Waals surface area contributed by atoms with Crippen LogP contribution in [0.4, 0.5) is 0 Å². The summed E-state index contributed by atoms with van der Waals surface area (Å²) in [6.07, 6.45) is 10.2. The summed E-state index contributed by atoms with van der Waals surface area (Å²) >= 11 is 0. The first-order chi connectivity index (χ1) is 9.41. The molecule has 0 aliphatic heterocycles. The van der Waals surface area contributed by atoms with E-state index in [2.05, 4.69) is 31.8 Å². The van der Waals surface area contributed by atoms with Gasteiger partial charge in [-0.1, -0.05) is 40.0 Å². The summed E-state index contributed by atoms with van der Waals surface area (Å²) < 4.78 is 19.0. The molecule has 4 heteroatoms. The van der Waals surface area contributed by atoms with E-state index in [1.165, 1.54) is 12.8 Å². The van der Waals surface area contributed by atoms with Gasteiger partial charge in [-0.2, -0.15) is 0 Å². The van der Waals surface area contributed by atoms with Gasteiger partial charge in [0.05, 0.1) is 12.6 Å². The average molecular weight is 299 g/mol. The number of nitrogens with one attached hydrogen (secondary N) is 1. The van der Waals surface area contributed by atoms with Crippen LogP contribution in [0.15, 0.2) is 0 Å². The van der Waals surface area contributed by atoms with Crippen molar-refractivity contribution >= 4 is 7.52 Å². The number of hydrogen-bond donors (Lipinski definition) is 1. The zero-order valence-corrected chi connectivity index (χ0v) is 14.3. The van der Waals surface area contributed by atoms with E-state index in [4.69, 9.17) is 10.9 Å². The topological polar surface area (TPSA) is 38.3 Å². The molecule has 0 bridgehead atoms. The van der Waals surface area contributed by atoms with Gasteiger partial charge >= 0.3 is 0 Å². The monoisotopic (exact) mass is 299 g/mol. The van der Waals surface area contributed by atoms with Gasteiger partial charge in [0.2, 0.25) is 0 Å². The molecule has 0 amide bonds. The second kappa shape index (κ2) is 8.23. The molecule has 0 radical (unpaired) electrons. The van der Waals surface area contributed by atoms with Crippen LogP contribution in [0.2, 0.25) is 0 Å². The van der Waals surface area contributed by atoms with Crippen molar-refractivity contribution in [3.8, 4) is 12.3 Å². The minimum absolute atomic E-state index is 0.0985. The molecule has 4 atom stereocenters. The summed E-state index contributed by atoms with van der Waals surface area (Å²) in [6.45, 7) is 9.06. The van der Waals surface area contributed by atoms with Crippen molar-refractivity contribution in [1.82, 2.24) is 5.09 Å². The molecule has 1 unspecified atom stereocenters. The summed E-state index contributed by atoms with van der Waals surface area (Å²) in [5.41, 5.74) is 0. The van der Waals surface area contributed by atoms with Gasteiger partial charge in [0.15, 0.2) is 0 Å². The maximum Gasteiger partial charge on any atom is 0.270 e. The highest BCUT2D eigenvalue weighted by molar-refractivity contribution is 7.56. The van der Waals surface area contributed by atoms with Gasteiger partial charge in [-0.05, 0) is 37.0 Å². The summed E-state index contributed by atoms with van der Waals surface area (Å²) in [6, 6.07) is 0. The highest BCUT2D eigenvalue weighted by Gasteiger charge is 2.36. The molecule has 0 saturated heterocycles. The first-order valence-corrected chi connectivity index (χ1v) is 9.69. The SMILES string of the molecule is C#CCNP(=O)(CCC)O[C@@H]1C[C@H](C)CC[C@H]1C(C)C. The molecule has 20 heavy (non-hydrogen) atoms. The van der Waals surface area contributed by atoms with Gasteiger partial charge in [-0.3, -0.25) is 4.57 Å². The van der Waals surface area contributed by atoms with Crippen molar-refractivity contribution in [2.45, 2.75) is 59.5 Å². The second-order valence-corrected chi connectivity index (χ2v) is 8.73. The first-order valence-electron chi connectivity index (χ1n) is 7.88. The predicted molar refractivity (Wildman–Crippen MR) is 85.8 cm³/mol. The standard InChI is InChI=1S/C16H30NO2P/c1-6-10-17-20(18,11-7-2)19-16-12-14(5)8-9-15(16)13(3)4/h1,13-16H,7-12H2,2-5H3,(H,17,18)/t14-,15+,16-,20?/m1/s1. The summed E-state index contributed by atoms with van der Waals surface area (Å²) in [5, 5.41) is 2.97. The Hall–Kier alpha value is -0.290. The van der Waals surface area contributed by atoms with Crippen molar-refractivity contribution in [2.24, 2.45) is 17.8 Å². The van der Waals surface area contributed by atoms with Crippen LogP contribution in [0.5, 0.6) is 0 Å². The normalized spacial score (nSPS) is 29.9. The third-order valence-electron chi connectivity index (χ3n) is 4.21. The Morgan fingerprint density at radius 3 is 2.70 bits per heavy atom. The Labute approximate surface area is 124 Å². The van der Waals surface area contributed by atoms with Gasteiger partial charge in [-0.25, -0.2) is 5.09 Å². The highest BCUT2D eigenvalue weighted by atomic mass is 31.2. The van der Waals surface area contributed by atoms with Gasteiger partial charge in [-0.15, -0.1) is 6.42 Å². The zero-order valence-electron chi connectivity index (χ0n) is 13.4. The Morgan fingerprint density at radius 1 is 1.45 bits per heavy atom. The Kier molecular flexibility index (Phi) is 7.30. The van der Waals surface area contributed by atoms with E-state index < -0.39 is 7.52 Å². The molecule has 3 nitrogen and oxygen atoms in total.